The summed E-state index contributed by atoms with van der Waals surface area (Å²) in [4.78, 5) is 0. The Morgan fingerprint density at radius 1 is 0.955 bits per heavy atom. The van der Waals surface area contributed by atoms with Crippen LogP contribution < -0.4 is 0 Å². The van der Waals surface area contributed by atoms with Crippen LogP contribution in [0.15, 0.2) is 44.5 Å². The van der Waals surface area contributed by atoms with Crippen LogP contribution in [0.4, 0.5) is 0 Å². The van der Waals surface area contributed by atoms with E-state index in [1.807, 2.05) is 0 Å². The van der Waals surface area contributed by atoms with E-state index < -0.39 is 0 Å². The number of halogens is 1. The van der Waals surface area contributed by atoms with Crippen molar-refractivity contribution in [1.29, 1.82) is 0 Å². The van der Waals surface area contributed by atoms with Crippen LogP contribution in [0.5, 0.6) is 0 Å². The Bertz CT molecular complexity index is 442. The normalized spacial score (nSPS) is 13.2. The molecule has 1 atom stereocenters. The molecule has 0 aliphatic rings. The van der Waals surface area contributed by atoms with Crippen LogP contribution in [0.3, 0.4) is 0 Å². The van der Waals surface area contributed by atoms with Crippen LogP contribution in [-0.4, -0.2) is 6.54 Å². The highest BCUT2D eigenvalue weighted by atomic mass is 35.5. The zero-order valence-electron chi connectivity index (χ0n) is 13.7. The average Bonchev–Trinajstić information content (AvgIpc) is 2.56. The third kappa shape index (κ3) is 8.23. The van der Waals surface area contributed by atoms with Crippen molar-refractivity contribution in [3.05, 3.63) is 35.4 Å². The molecule has 0 amide bonds. The van der Waals surface area contributed by atoms with E-state index in [9.17, 15) is 0 Å². The topological polar surface area (TPSA) is 49.4 Å². The Balaban J connectivity index is 2.07. The summed E-state index contributed by atoms with van der Waals surface area (Å²) in [5, 5.41) is 10.5. The molecule has 122 valence electrons. The van der Waals surface area contributed by atoms with Gasteiger partial charge in [-0.2, -0.15) is 5.11 Å². The van der Waals surface area contributed by atoms with Crippen molar-refractivity contribution in [3.8, 4) is 0 Å². The number of hydrogen-bond acceptors (Lipinski definition) is 2. The second-order valence-electron chi connectivity index (χ2n) is 5.69. The van der Waals surface area contributed by atoms with Crippen LogP contribution in [0.1, 0.15) is 69.4 Å². The standard InChI is InChI=1S/C17H27ClN4/c1-3-15(2)17-12-10-16(11-13-17)9-7-5-4-6-8-14-19-21-22-20-18/h10-13,15H,3-9,14H2,1-2H3/b21-19+,22-20+. The second-order valence-corrected chi connectivity index (χ2v) is 5.84. The van der Waals surface area contributed by atoms with E-state index >= 15 is 0 Å². The maximum atomic E-state index is 4.99. The molecular weight excluding hydrogens is 296 g/mol. The van der Waals surface area contributed by atoms with Gasteiger partial charge in [-0.3, -0.25) is 0 Å². The lowest BCUT2D eigenvalue weighted by Crippen LogP contribution is -1.92. The Hall–Kier alpha value is -1.29. The van der Waals surface area contributed by atoms with Crippen molar-refractivity contribution in [3.63, 3.8) is 0 Å². The first kappa shape index (κ1) is 18.8. The van der Waals surface area contributed by atoms with Gasteiger partial charge in [0.1, 0.15) is 0 Å². The van der Waals surface area contributed by atoms with Gasteiger partial charge in [0.05, 0.1) is 18.3 Å². The fraction of sp³-hybridized carbons (Fsp3) is 0.647. The predicted molar refractivity (Wildman–Crippen MR) is 92.4 cm³/mol. The monoisotopic (exact) mass is 322 g/mol. The van der Waals surface area contributed by atoms with Crippen LogP contribution in [-0.2, 0) is 6.42 Å². The first-order chi connectivity index (χ1) is 10.8. The van der Waals surface area contributed by atoms with E-state index in [0.29, 0.717) is 12.5 Å². The predicted octanol–water partition coefficient (Wildman–Crippen LogP) is 6.67. The molecule has 0 aliphatic carbocycles. The molecule has 1 aromatic rings. The Labute approximate surface area is 139 Å². The molecule has 1 rings (SSSR count). The van der Waals surface area contributed by atoms with Crippen molar-refractivity contribution in [2.75, 3.05) is 6.54 Å². The van der Waals surface area contributed by atoms with Gasteiger partial charge in [-0.1, -0.05) is 62.0 Å². The molecule has 0 saturated carbocycles. The molecule has 0 radical (unpaired) electrons. The van der Waals surface area contributed by atoms with Crippen molar-refractivity contribution in [1.82, 2.24) is 0 Å². The summed E-state index contributed by atoms with van der Waals surface area (Å²) in [6.07, 6.45) is 8.38. The summed E-state index contributed by atoms with van der Waals surface area (Å²) in [6.45, 7) is 5.22. The van der Waals surface area contributed by atoms with E-state index in [4.69, 9.17) is 11.8 Å². The van der Waals surface area contributed by atoms with Gasteiger partial charge in [0.2, 0.25) is 0 Å². The highest BCUT2D eigenvalue weighted by Crippen LogP contribution is 2.19. The molecule has 0 bridgehead atoms. The lowest BCUT2D eigenvalue weighted by molar-refractivity contribution is 0.611. The molecule has 1 unspecified atom stereocenters. The molecule has 0 aliphatic heterocycles. The van der Waals surface area contributed by atoms with Gasteiger partial charge in [-0.25, -0.2) is 0 Å². The molecule has 4 nitrogen and oxygen atoms in total. The van der Waals surface area contributed by atoms with E-state index in [2.05, 4.69) is 58.3 Å². The van der Waals surface area contributed by atoms with E-state index in [1.54, 1.807) is 0 Å². The number of aryl methyl sites for hydroxylation is 1. The molecule has 0 fully saturated rings. The van der Waals surface area contributed by atoms with E-state index in [-0.39, 0.29) is 0 Å². The summed E-state index contributed by atoms with van der Waals surface area (Å²) in [5.74, 6) is 0.664. The van der Waals surface area contributed by atoms with Crippen LogP contribution in [0.25, 0.3) is 0 Å². The maximum Gasteiger partial charge on any atom is 0.0622 e. The maximum absolute atomic E-state index is 4.99. The number of hydrogen-bond donors (Lipinski definition) is 0. The van der Waals surface area contributed by atoms with Crippen molar-refractivity contribution in [2.45, 2.75) is 64.7 Å². The SMILES string of the molecule is CCC(C)c1ccc(CCCCCCC/N=N/N=N/Cl)cc1. The Morgan fingerprint density at radius 3 is 2.32 bits per heavy atom. The van der Waals surface area contributed by atoms with Gasteiger partial charge in [0, 0.05) is 0 Å². The summed E-state index contributed by atoms with van der Waals surface area (Å²) in [6, 6.07) is 9.14. The van der Waals surface area contributed by atoms with Crippen LogP contribution in [0.2, 0.25) is 0 Å². The van der Waals surface area contributed by atoms with Crippen molar-refractivity contribution in [2.24, 2.45) is 20.2 Å². The zero-order valence-corrected chi connectivity index (χ0v) is 14.5. The first-order valence-electron chi connectivity index (χ1n) is 8.24. The molecule has 22 heavy (non-hydrogen) atoms. The molecular formula is C17H27ClN4. The minimum atomic E-state index is 0.664. The molecule has 0 N–H and O–H groups in total. The number of nitrogens with zero attached hydrogens (tertiary/aromatic N) is 4. The third-order valence-corrected chi connectivity index (χ3v) is 4.09. The van der Waals surface area contributed by atoms with Crippen LogP contribution in [0, 0.1) is 0 Å². The van der Waals surface area contributed by atoms with Gasteiger partial charge in [-0.15, -0.1) is 0 Å². The van der Waals surface area contributed by atoms with Gasteiger partial charge >= 0.3 is 0 Å². The summed E-state index contributed by atoms with van der Waals surface area (Å²) in [7, 11) is 0. The molecule has 0 spiro atoms. The van der Waals surface area contributed by atoms with Crippen LogP contribution >= 0.6 is 11.8 Å². The largest absolute Gasteiger partial charge is 0.167 e. The summed E-state index contributed by atoms with van der Waals surface area (Å²) < 4.78 is 2.98. The minimum absolute atomic E-state index is 0.664. The average molecular weight is 323 g/mol. The van der Waals surface area contributed by atoms with Gasteiger partial charge < -0.3 is 0 Å². The number of benzene rings is 1. The molecule has 1 aromatic carbocycles. The quantitative estimate of drug-likeness (QED) is 0.248. The molecule has 0 heterocycles. The molecule has 0 saturated heterocycles. The fourth-order valence-corrected chi connectivity index (χ4v) is 2.41. The summed E-state index contributed by atoms with van der Waals surface area (Å²) >= 11 is 4.99. The van der Waals surface area contributed by atoms with E-state index in [0.717, 1.165) is 6.42 Å². The first-order valence-corrected chi connectivity index (χ1v) is 8.58. The Morgan fingerprint density at radius 2 is 1.64 bits per heavy atom. The minimum Gasteiger partial charge on any atom is -0.167 e. The lowest BCUT2D eigenvalue weighted by atomic mass is 9.96. The molecule has 5 heteroatoms. The molecule has 0 aromatic heterocycles. The van der Waals surface area contributed by atoms with Gasteiger partial charge in [-0.05, 0) is 53.2 Å². The lowest BCUT2D eigenvalue weighted by Gasteiger charge is -2.09. The van der Waals surface area contributed by atoms with E-state index in [1.165, 1.54) is 49.7 Å². The van der Waals surface area contributed by atoms with Crippen molar-refractivity contribution >= 4 is 11.8 Å². The van der Waals surface area contributed by atoms with Gasteiger partial charge in [0.25, 0.3) is 0 Å². The highest BCUT2D eigenvalue weighted by Gasteiger charge is 2.02. The fourth-order valence-electron chi connectivity index (χ4n) is 2.38. The second kappa shape index (κ2) is 12.3. The number of rotatable bonds is 11. The Kier molecular flexibility index (Phi) is 10.5. The zero-order chi connectivity index (χ0) is 16.0. The summed E-state index contributed by atoms with van der Waals surface area (Å²) in [5.41, 5.74) is 2.90. The third-order valence-electron chi connectivity index (χ3n) is 4.02. The van der Waals surface area contributed by atoms with Gasteiger partial charge in [0.15, 0.2) is 0 Å². The smallest absolute Gasteiger partial charge is 0.0622 e. The number of unbranched alkanes of at least 4 members (excludes halogenated alkanes) is 4. The van der Waals surface area contributed by atoms with Crippen molar-refractivity contribution < 1.29 is 0 Å². The highest BCUT2D eigenvalue weighted by molar-refractivity contribution is 6.13.